The van der Waals surface area contributed by atoms with E-state index in [1.807, 2.05) is 17.9 Å². The molecule has 8 nitrogen and oxygen atoms in total. The number of hydrogen-bond acceptors (Lipinski definition) is 4. The smallest absolute Gasteiger partial charge is 0.277 e. The quantitative estimate of drug-likeness (QED) is 0.744. The Morgan fingerprint density at radius 2 is 1.94 bits per heavy atom. The summed E-state index contributed by atoms with van der Waals surface area (Å²) in [6.45, 7) is 4.29. The van der Waals surface area contributed by atoms with Gasteiger partial charge in [-0.25, -0.2) is 9.50 Å². The Balaban J connectivity index is 1.29. The van der Waals surface area contributed by atoms with Gasteiger partial charge in [0.25, 0.3) is 5.56 Å². The highest BCUT2D eigenvalue weighted by Gasteiger charge is 2.28. The van der Waals surface area contributed by atoms with Gasteiger partial charge < -0.3 is 9.80 Å². The second kappa shape index (κ2) is 8.56. The summed E-state index contributed by atoms with van der Waals surface area (Å²) in [4.78, 5) is 46.3. The highest BCUT2D eigenvalue weighted by molar-refractivity contribution is 5.77. The van der Waals surface area contributed by atoms with Crippen molar-refractivity contribution in [3.8, 4) is 0 Å². The van der Waals surface area contributed by atoms with E-state index in [2.05, 4.69) is 17.3 Å². The van der Waals surface area contributed by atoms with E-state index in [0.717, 1.165) is 50.2 Å². The first-order valence-electron chi connectivity index (χ1n) is 11.9. The minimum atomic E-state index is -0.109. The van der Waals surface area contributed by atoms with Gasteiger partial charge in [0, 0.05) is 56.6 Å². The second-order valence-corrected chi connectivity index (χ2v) is 9.29. The molecule has 8 heteroatoms. The summed E-state index contributed by atoms with van der Waals surface area (Å²) in [5, 5.41) is 3.27. The van der Waals surface area contributed by atoms with E-state index in [1.54, 1.807) is 4.90 Å². The molecular weight excluding hydrogens is 406 g/mol. The zero-order valence-corrected chi connectivity index (χ0v) is 18.7. The summed E-state index contributed by atoms with van der Waals surface area (Å²) in [5.41, 5.74) is 2.96. The van der Waals surface area contributed by atoms with Crippen molar-refractivity contribution in [2.45, 2.75) is 64.3 Å². The Kier molecular flexibility index (Phi) is 5.61. The second-order valence-electron chi connectivity index (χ2n) is 9.29. The van der Waals surface area contributed by atoms with E-state index in [9.17, 15) is 14.4 Å². The number of nitrogens with one attached hydrogen (secondary N) is 1. The molecule has 2 aliphatic heterocycles. The van der Waals surface area contributed by atoms with Crippen LogP contribution in [0.3, 0.4) is 0 Å². The monoisotopic (exact) mass is 437 g/mol. The standard InChI is InChI=1S/C24H31N5O3/c1-2-22(30)28-12-9-19-18(15-28)24(32)29-21(25-19)14-20(26-29)17-7-10-27(11-8-17)23(31)13-16-5-3-4-6-16/h3,5,14,16-17,26H,2,4,6-13,15H2,1H3/t16-/m0/s1. The molecule has 0 saturated carbocycles. The molecule has 3 aliphatic rings. The third kappa shape index (κ3) is 3.87. The van der Waals surface area contributed by atoms with E-state index in [0.29, 0.717) is 49.5 Å². The number of nitrogens with zero attached hydrogens (tertiary/aromatic N) is 4. The van der Waals surface area contributed by atoms with Crippen LogP contribution in [0.2, 0.25) is 0 Å². The van der Waals surface area contributed by atoms with Crippen molar-refractivity contribution in [3.05, 3.63) is 45.5 Å². The Morgan fingerprint density at radius 1 is 1.12 bits per heavy atom. The summed E-state index contributed by atoms with van der Waals surface area (Å²) in [5.74, 6) is 1.01. The van der Waals surface area contributed by atoms with Gasteiger partial charge in [0.15, 0.2) is 5.65 Å². The van der Waals surface area contributed by atoms with Gasteiger partial charge in [-0.1, -0.05) is 19.1 Å². The number of allylic oxidation sites excluding steroid dienone is 2. The number of carbonyl (C=O) groups is 2. The van der Waals surface area contributed by atoms with Gasteiger partial charge in [-0.15, -0.1) is 0 Å². The fourth-order valence-electron chi connectivity index (χ4n) is 5.30. The molecule has 0 unspecified atom stereocenters. The van der Waals surface area contributed by atoms with Crippen LogP contribution < -0.4 is 5.56 Å². The molecule has 1 fully saturated rings. The predicted octanol–water partition coefficient (Wildman–Crippen LogP) is 2.38. The Bertz CT molecular complexity index is 1120. The van der Waals surface area contributed by atoms with Crippen molar-refractivity contribution in [2.75, 3.05) is 19.6 Å². The van der Waals surface area contributed by atoms with E-state index >= 15 is 0 Å². The molecule has 1 N–H and O–H groups in total. The Morgan fingerprint density at radius 3 is 2.66 bits per heavy atom. The van der Waals surface area contributed by atoms with Crippen molar-refractivity contribution in [2.24, 2.45) is 5.92 Å². The minimum absolute atomic E-state index is 0.0672. The largest absolute Gasteiger partial charge is 0.343 e. The van der Waals surface area contributed by atoms with Crippen molar-refractivity contribution in [1.29, 1.82) is 0 Å². The maximum atomic E-state index is 13.1. The third-order valence-corrected chi connectivity index (χ3v) is 7.27. The molecule has 1 saturated heterocycles. The molecule has 0 radical (unpaired) electrons. The van der Waals surface area contributed by atoms with Gasteiger partial charge >= 0.3 is 0 Å². The number of amides is 2. The van der Waals surface area contributed by atoms with Crippen molar-refractivity contribution >= 4 is 17.5 Å². The van der Waals surface area contributed by atoms with Crippen molar-refractivity contribution < 1.29 is 9.59 Å². The average molecular weight is 438 g/mol. The average Bonchev–Trinajstić information content (AvgIpc) is 3.48. The van der Waals surface area contributed by atoms with Crippen LogP contribution in [0.25, 0.3) is 5.65 Å². The topological polar surface area (TPSA) is 90.8 Å². The zero-order chi connectivity index (χ0) is 22.2. The summed E-state index contributed by atoms with van der Waals surface area (Å²) >= 11 is 0. The van der Waals surface area contributed by atoms with Gasteiger partial charge in [0.1, 0.15) is 0 Å². The highest BCUT2D eigenvalue weighted by atomic mass is 16.2. The van der Waals surface area contributed by atoms with E-state index in [-0.39, 0.29) is 23.3 Å². The lowest BCUT2D eigenvalue weighted by Gasteiger charge is -2.32. The van der Waals surface area contributed by atoms with Crippen LogP contribution in [0.4, 0.5) is 0 Å². The number of likely N-dealkylation sites (tertiary alicyclic amines) is 1. The van der Waals surface area contributed by atoms with E-state index < -0.39 is 0 Å². The number of rotatable bonds is 4. The van der Waals surface area contributed by atoms with Crippen LogP contribution in [0.5, 0.6) is 0 Å². The predicted molar refractivity (Wildman–Crippen MR) is 120 cm³/mol. The van der Waals surface area contributed by atoms with Gasteiger partial charge in [0.2, 0.25) is 11.8 Å². The van der Waals surface area contributed by atoms with Gasteiger partial charge in [-0.05, 0) is 31.6 Å². The summed E-state index contributed by atoms with van der Waals surface area (Å²) in [6.07, 6.45) is 9.97. The first kappa shape index (κ1) is 21.0. The fraction of sp³-hybridized carbons (Fsp3) is 0.583. The Labute approximate surface area is 187 Å². The minimum Gasteiger partial charge on any atom is -0.343 e. The number of hydrogen-bond donors (Lipinski definition) is 1. The van der Waals surface area contributed by atoms with Gasteiger partial charge in [0.05, 0.1) is 17.8 Å². The maximum absolute atomic E-state index is 13.1. The lowest BCUT2D eigenvalue weighted by atomic mass is 9.93. The van der Waals surface area contributed by atoms with Crippen LogP contribution in [-0.2, 0) is 22.6 Å². The third-order valence-electron chi connectivity index (χ3n) is 7.27. The molecule has 0 aromatic carbocycles. The highest BCUT2D eigenvalue weighted by Crippen LogP contribution is 2.29. The first-order chi connectivity index (χ1) is 15.5. The van der Waals surface area contributed by atoms with E-state index in [4.69, 9.17) is 4.98 Å². The molecule has 2 aromatic heterocycles. The van der Waals surface area contributed by atoms with Gasteiger partial charge in [-0.3, -0.25) is 19.5 Å². The lowest BCUT2D eigenvalue weighted by Crippen LogP contribution is -2.40. The summed E-state index contributed by atoms with van der Waals surface area (Å²) < 4.78 is 1.53. The summed E-state index contributed by atoms with van der Waals surface area (Å²) in [6, 6.07) is 1.98. The number of fused-ring (bicyclic) bond motifs is 2. The number of carbonyl (C=O) groups excluding carboxylic acids is 2. The van der Waals surface area contributed by atoms with Crippen LogP contribution in [0.15, 0.2) is 23.0 Å². The van der Waals surface area contributed by atoms with E-state index in [1.165, 1.54) is 4.52 Å². The molecule has 5 rings (SSSR count). The lowest BCUT2D eigenvalue weighted by molar-refractivity contribution is -0.133. The SMILES string of the molecule is CCC(=O)N1CCc2nc3cc(C4CCN(C(=O)C[C@H]5C=CCC5)CC4)[nH]n3c(=O)c2C1. The van der Waals surface area contributed by atoms with Crippen LogP contribution in [0.1, 0.15) is 68.3 Å². The molecular formula is C24H31N5O3. The molecule has 2 aromatic rings. The molecule has 4 heterocycles. The summed E-state index contributed by atoms with van der Waals surface area (Å²) in [7, 11) is 0. The van der Waals surface area contributed by atoms with Crippen LogP contribution >= 0.6 is 0 Å². The molecule has 1 atom stereocenters. The maximum Gasteiger partial charge on any atom is 0.277 e. The van der Waals surface area contributed by atoms with Crippen LogP contribution in [-0.4, -0.2) is 55.8 Å². The molecule has 2 amide bonds. The molecule has 0 spiro atoms. The van der Waals surface area contributed by atoms with Crippen molar-refractivity contribution in [3.63, 3.8) is 0 Å². The van der Waals surface area contributed by atoms with Crippen LogP contribution in [0, 0.1) is 5.92 Å². The molecule has 0 bridgehead atoms. The molecule has 1 aliphatic carbocycles. The molecule has 32 heavy (non-hydrogen) atoms. The fourth-order valence-corrected chi connectivity index (χ4v) is 5.30. The Hall–Kier alpha value is -2.90. The van der Waals surface area contributed by atoms with Crippen molar-refractivity contribution in [1.82, 2.24) is 24.4 Å². The number of piperidine rings is 1. The number of aromatic nitrogens is 3. The van der Waals surface area contributed by atoms with Gasteiger partial charge in [-0.2, -0.15) is 0 Å². The normalized spacial score (nSPS) is 21.3. The number of H-pyrrole nitrogens is 1. The zero-order valence-electron chi connectivity index (χ0n) is 18.7. The number of aromatic amines is 1. The first-order valence-corrected chi connectivity index (χ1v) is 11.9. The molecule has 170 valence electrons.